The number of hydrogen-bond acceptors (Lipinski definition) is 4. The van der Waals surface area contributed by atoms with Crippen LogP contribution in [0.2, 0.25) is 0 Å². The van der Waals surface area contributed by atoms with Gasteiger partial charge in [0, 0.05) is 24.5 Å². The van der Waals surface area contributed by atoms with Gasteiger partial charge >= 0.3 is 0 Å². The van der Waals surface area contributed by atoms with E-state index >= 15 is 0 Å². The molecule has 25 heavy (non-hydrogen) atoms. The predicted molar refractivity (Wildman–Crippen MR) is 93.9 cm³/mol. The van der Waals surface area contributed by atoms with Gasteiger partial charge in [-0.15, -0.1) is 0 Å². The van der Waals surface area contributed by atoms with E-state index in [2.05, 4.69) is 10.5 Å². The summed E-state index contributed by atoms with van der Waals surface area (Å²) in [6.45, 7) is 0. The quantitative estimate of drug-likeness (QED) is 0.441. The molecule has 0 atom stereocenters. The first-order valence-corrected chi connectivity index (χ1v) is 7.45. The van der Waals surface area contributed by atoms with E-state index in [0.29, 0.717) is 11.1 Å². The third-order valence-electron chi connectivity index (χ3n) is 3.51. The Hall–Kier alpha value is -3.74. The Balaban J connectivity index is 1.72. The minimum Gasteiger partial charge on any atom is -0.323 e. The minimum absolute atomic E-state index is 0.00170. The zero-order chi connectivity index (χ0) is 17.6. The van der Waals surface area contributed by atoms with E-state index in [1.807, 2.05) is 41.2 Å². The van der Waals surface area contributed by atoms with Gasteiger partial charge < -0.3 is 4.57 Å². The molecule has 0 unspecified atom stereocenters. The molecule has 1 aromatic heterocycles. The van der Waals surface area contributed by atoms with Crippen LogP contribution in [0, 0.1) is 10.1 Å². The molecule has 0 aliphatic carbocycles. The standard InChI is InChI=1S/C18H14N4O3/c23-18(16-5-1-2-6-17(16)21-11-3-4-12-21)20-19-13-14-7-9-15(10-8-14)22(24)25/h1-13H,(H,20,23)/b19-13-. The molecule has 0 aliphatic heterocycles. The summed E-state index contributed by atoms with van der Waals surface area (Å²) < 4.78 is 1.84. The number of nitro groups is 1. The van der Waals surface area contributed by atoms with Crippen LogP contribution in [0.25, 0.3) is 5.69 Å². The monoisotopic (exact) mass is 334 g/mol. The average Bonchev–Trinajstić information content (AvgIpc) is 3.16. The van der Waals surface area contributed by atoms with E-state index in [4.69, 9.17) is 0 Å². The molecule has 0 saturated heterocycles. The summed E-state index contributed by atoms with van der Waals surface area (Å²) >= 11 is 0. The van der Waals surface area contributed by atoms with Gasteiger partial charge in [-0.25, -0.2) is 5.43 Å². The highest BCUT2D eigenvalue weighted by Gasteiger charge is 2.11. The normalized spacial score (nSPS) is 10.7. The number of amides is 1. The Morgan fingerprint density at radius 3 is 2.40 bits per heavy atom. The van der Waals surface area contributed by atoms with Crippen LogP contribution in [-0.4, -0.2) is 21.6 Å². The highest BCUT2D eigenvalue weighted by atomic mass is 16.6. The van der Waals surface area contributed by atoms with Crippen LogP contribution in [0.1, 0.15) is 15.9 Å². The largest absolute Gasteiger partial charge is 0.323 e. The maximum absolute atomic E-state index is 12.4. The Morgan fingerprint density at radius 2 is 1.72 bits per heavy atom. The molecule has 3 aromatic rings. The number of benzene rings is 2. The maximum atomic E-state index is 12.4. The molecule has 1 N–H and O–H groups in total. The van der Waals surface area contributed by atoms with Gasteiger partial charge in [0.25, 0.3) is 11.6 Å². The fraction of sp³-hybridized carbons (Fsp3) is 0. The highest BCUT2D eigenvalue weighted by molar-refractivity contribution is 5.98. The smallest absolute Gasteiger partial charge is 0.273 e. The van der Waals surface area contributed by atoms with Crippen molar-refractivity contribution in [1.29, 1.82) is 0 Å². The summed E-state index contributed by atoms with van der Waals surface area (Å²) in [5, 5.41) is 14.5. The van der Waals surface area contributed by atoms with Crippen LogP contribution in [0.4, 0.5) is 5.69 Å². The number of carbonyl (C=O) groups excluding carboxylic acids is 1. The second-order valence-electron chi connectivity index (χ2n) is 5.16. The van der Waals surface area contributed by atoms with Crippen LogP contribution in [0.5, 0.6) is 0 Å². The van der Waals surface area contributed by atoms with Crippen molar-refractivity contribution in [2.24, 2.45) is 5.10 Å². The first-order chi connectivity index (χ1) is 12.1. The van der Waals surface area contributed by atoms with E-state index in [9.17, 15) is 14.9 Å². The summed E-state index contributed by atoms with van der Waals surface area (Å²) in [5.74, 6) is -0.345. The number of non-ortho nitro benzene ring substituents is 1. The van der Waals surface area contributed by atoms with Gasteiger partial charge in [0.2, 0.25) is 0 Å². The molecule has 0 fully saturated rings. The zero-order valence-electron chi connectivity index (χ0n) is 13.1. The van der Waals surface area contributed by atoms with Crippen molar-refractivity contribution in [3.8, 4) is 5.69 Å². The summed E-state index contributed by atoms with van der Waals surface area (Å²) in [5.41, 5.74) is 4.35. The van der Waals surface area contributed by atoms with Crippen molar-refractivity contribution in [1.82, 2.24) is 9.99 Å². The minimum atomic E-state index is -0.471. The molecule has 0 spiro atoms. The Kier molecular flexibility index (Phi) is 4.66. The average molecular weight is 334 g/mol. The molecule has 0 radical (unpaired) electrons. The number of para-hydroxylation sites is 1. The van der Waals surface area contributed by atoms with Gasteiger partial charge in [-0.2, -0.15) is 5.10 Å². The molecule has 124 valence electrons. The van der Waals surface area contributed by atoms with E-state index < -0.39 is 4.92 Å². The first kappa shape index (κ1) is 16.1. The third-order valence-corrected chi connectivity index (χ3v) is 3.51. The lowest BCUT2D eigenvalue weighted by Crippen LogP contribution is -2.19. The number of nitro benzene ring substituents is 1. The zero-order valence-corrected chi connectivity index (χ0v) is 13.1. The van der Waals surface area contributed by atoms with Crippen LogP contribution >= 0.6 is 0 Å². The molecular formula is C18H14N4O3. The molecular weight excluding hydrogens is 320 g/mol. The van der Waals surface area contributed by atoms with Gasteiger partial charge in [-0.05, 0) is 42.0 Å². The number of nitrogens with one attached hydrogen (secondary N) is 1. The van der Waals surface area contributed by atoms with Crippen LogP contribution in [-0.2, 0) is 0 Å². The van der Waals surface area contributed by atoms with Gasteiger partial charge in [-0.1, -0.05) is 12.1 Å². The van der Waals surface area contributed by atoms with Gasteiger partial charge in [0.05, 0.1) is 22.4 Å². The van der Waals surface area contributed by atoms with Crippen molar-refractivity contribution in [2.75, 3.05) is 0 Å². The van der Waals surface area contributed by atoms with Crippen LogP contribution in [0.15, 0.2) is 78.2 Å². The van der Waals surface area contributed by atoms with Gasteiger partial charge in [0.1, 0.15) is 0 Å². The van der Waals surface area contributed by atoms with E-state index in [1.165, 1.54) is 18.3 Å². The molecule has 2 aromatic carbocycles. The van der Waals surface area contributed by atoms with Gasteiger partial charge in [-0.3, -0.25) is 14.9 Å². The first-order valence-electron chi connectivity index (χ1n) is 7.45. The Bertz CT molecular complexity index is 916. The summed E-state index contributed by atoms with van der Waals surface area (Å²) in [6, 6.07) is 16.8. The summed E-state index contributed by atoms with van der Waals surface area (Å²) in [4.78, 5) is 22.5. The van der Waals surface area contributed by atoms with Crippen LogP contribution < -0.4 is 5.43 Å². The Labute approximate surface area is 143 Å². The van der Waals surface area contributed by atoms with E-state index in [-0.39, 0.29) is 11.6 Å². The molecule has 3 rings (SSSR count). The number of hydrogen-bond donors (Lipinski definition) is 1. The maximum Gasteiger partial charge on any atom is 0.273 e. The highest BCUT2D eigenvalue weighted by Crippen LogP contribution is 2.14. The lowest BCUT2D eigenvalue weighted by atomic mass is 10.1. The molecule has 1 amide bonds. The van der Waals surface area contributed by atoms with E-state index in [0.717, 1.165) is 5.69 Å². The molecule has 0 aliphatic rings. The number of hydrazone groups is 1. The molecule has 1 heterocycles. The van der Waals surface area contributed by atoms with Crippen molar-refractivity contribution in [3.63, 3.8) is 0 Å². The van der Waals surface area contributed by atoms with Crippen LogP contribution in [0.3, 0.4) is 0 Å². The van der Waals surface area contributed by atoms with Gasteiger partial charge in [0.15, 0.2) is 0 Å². The third kappa shape index (κ3) is 3.78. The SMILES string of the molecule is O=C(N/N=C\c1ccc([N+](=O)[O-])cc1)c1ccccc1-n1cccc1. The lowest BCUT2D eigenvalue weighted by Gasteiger charge is -2.08. The predicted octanol–water partition coefficient (Wildman–Crippen LogP) is 3.15. The van der Waals surface area contributed by atoms with E-state index in [1.54, 1.807) is 24.3 Å². The summed E-state index contributed by atoms with van der Waals surface area (Å²) in [7, 11) is 0. The molecule has 7 heteroatoms. The van der Waals surface area contributed by atoms with Crippen molar-refractivity contribution in [3.05, 3.63) is 94.3 Å². The fourth-order valence-electron chi connectivity index (χ4n) is 2.29. The fourth-order valence-corrected chi connectivity index (χ4v) is 2.29. The second kappa shape index (κ2) is 7.22. The molecule has 7 nitrogen and oxygen atoms in total. The number of rotatable bonds is 5. The Morgan fingerprint density at radius 1 is 1.04 bits per heavy atom. The number of nitrogens with zero attached hydrogens (tertiary/aromatic N) is 3. The molecule has 0 bridgehead atoms. The number of carbonyl (C=O) groups is 1. The van der Waals surface area contributed by atoms with Crippen molar-refractivity contribution >= 4 is 17.8 Å². The van der Waals surface area contributed by atoms with Crippen molar-refractivity contribution in [2.45, 2.75) is 0 Å². The number of aromatic nitrogens is 1. The topological polar surface area (TPSA) is 89.5 Å². The lowest BCUT2D eigenvalue weighted by molar-refractivity contribution is -0.384. The molecule has 0 saturated carbocycles. The van der Waals surface area contributed by atoms with Crippen molar-refractivity contribution < 1.29 is 9.72 Å². The summed E-state index contributed by atoms with van der Waals surface area (Å²) in [6.07, 6.45) is 5.14. The second-order valence-corrected chi connectivity index (χ2v) is 5.16.